The Balaban J connectivity index is 0.000000263. The number of aliphatic imine (C=N–C) groups is 2. The van der Waals surface area contributed by atoms with Crippen molar-refractivity contribution in [1.29, 1.82) is 0 Å². The molecule has 0 unspecified atom stereocenters. The fourth-order valence-electron chi connectivity index (χ4n) is 1.69. The van der Waals surface area contributed by atoms with E-state index in [0.717, 1.165) is 25.2 Å². The molecule has 0 saturated carbocycles. The Kier molecular flexibility index (Phi) is 10.4. The molecule has 2 rings (SSSR count). The summed E-state index contributed by atoms with van der Waals surface area (Å²) in [5, 5.41) is 0. The summed E-state index contributed by atoms with van der Waals surface area (Å²) in [6, 6.07) is 9.50. The van der Waals surface area contributed by atoms with Crippen LogP contribution in [0.4, 0.5) is 15.8 Å². The Bertz CT molecular complexity index is 793. The quantitative estimate of drug-likeness (QED) is 0.280. The summed E-state index contributed by atoms with van der Waals surface area (Å²) in [4.78, 5) is 26.7. The number of benzene rings is 2. The van der Waals surface area contributed by atoms with Gasteiger partial charge in [-0.25, -0.2) is 14.0 Å². The van der Waals surface area contributed by atoms with Crippen molar-refractivity contribution in [3.8, 4) is 5.75 Å². The van der Waals surface area contributed by atoms with Crippen molar-refractivity contribution in [1.82, 2.24) is 0 Å². The molecule has 0 amide bonds. The van der Waals surface area contributed by atoms with Crippen LogP contribution in [0.25, 0.3) is 0 Å². The van der Waals surface area contributed by atoms with Crippen LogP contribution in [0.15, 0.2) is 55.3 Å². The number of unbranched alkanes of at least 4 members (excludes halogenated alkanes) is 1. The Morgan fingerprint density at radius 2 is 1.62 bits per heavy atom. The second-order valence-corrected chi connectivity index (χ2v) is 6.53. The molecule has 8 heteroatoms. The lowest BCUT2D eigenvalue weighted by Gasteiger charge is -2.04. The molecule has 0 saturated heterocycles. The number of nitrogens with zero attached hydrogens (tertiary/aromatic N) is 2. The molecular formula is C18H15Br2FN2O3. The van der Waals surface area contributed by atoms with E-state index in [1.807, 2.05) is 0 Å². The summed E-state index contributed by atoms with van der Waals surface area (Å²) >= 11 is 6.11. The first-order chi connectivity index (χ1) is 12.5. The van der Waals surface area contributed by atoms with E-state index < -0.39 is 5.82 Å². The molecule has 0 bridgehead atoms. The molecule has 0 heterocycles. The Hall–Kier alpha value is -2.11. The molecule has 0 fully saturated rings. The average molecular weight is 486 g/mol. The van der Waals surface area contributed by atoms with Crippen LogP contribution in [0.1, 0.15) is 19.8 Å². The van der Waals surface area contributed by atoms with Gasteiger partial charge in [-0.15, -0.1) is 0 Å². The van der Waals surface area contributed by atoms with Gasteiger partial charge in [-0.05, 0) is 74.7 Å². The zero-order chi connectivity index (χ0) is 19.4. The van der Waals surface area contributed by atoms with E-state index >= 15 is 0 Å². The Labute approximate surface area is 167 Å². The summed E-state index contributed by atoms with van der Waals surface area (Å²) in [5.74, 6) is 0.405. The first-order valence-corrected chi connectivity index (χ1v) is 9.13. The molecule has 5 nitrogen and oxygen atoms in total. The van der Waals surface area contributed by atoms with Gasteiger partial charge in [0.25, 0.3) is 0 Å². The van der Waals surface area contributed by atoms with Crippen LogP contribution in [0.3, 0.4) is 0 Å². The highest BCUT2D eigenvalue weighted by molar-refractivity contribution is 9.11. The molecule has 0 spiro atoms. The highest BCUT2D eigenvalue weighted by atomic mass is 79.9. The third-order valence-corrected chi connectivity index (χ3v) is 4.13. The lowest BCUT2D eigenvalue weighted by atomic mass is 10.3. The van der Waals surface area contributed by atoms with E-state index in [0.29, 0.717) is 20.3 Å². The van der Waals surface area contributed by atoms with Crippen LogP contribution in [-0.4, -0.2) is 18.8 Å². The maximum absolute atomic E-state index is 12.6. The van der Waals surface area contributed by atoms with Crippen molar-refractivity contribution < 1.29 is 18.7 Å². The number of ether oxygens (including phenoxy) is 1. The fraction of sp³-hybridized carbons (Fsp3) is 0.222. The SMILES string of the molecule is CCCCOc1ccc(N=C=O)cc1.O=C=Nc1c(Br)cc(F)cc1Br. The van der Waals surface area contributed by atoms with Gasteiger partial charge in [-0.3, -0.25) is 0 Å². The van der Waals surface area contributed by atoms with Gasteiger partial charge in [0.1, 0.15) is 17.3 Å². The highest BCUT2D eigenvalue weighted by Crippen LogP contribution is 2.33. The topological polar surface area (TPSA) is 68.1 Å². The van der Waals surface area contributed by atoms with E-state index in [9.17, 15) is 14.0 Å². The molecule has 0 aliphatic rings. The van der Waals surface area contributed by atoms with Crippen molar-refractivity contribution in [3.05, 3.63) is 51.2 Å². The number of hydrogen-bond acceptors (Lipinski definition) is 5. The lowest BCUT2D eigenvalue weighted by Crippen LogP contribution is -1.95. The number of halogens is 3. The van der Waals surface area contributed by atoms with E-state index in [4.69, 9.17) is 4.74 Å². The second kappa shape index (κ2) is 12.3. The van der Waals surface area contributed by atoms with E-state index in [1.54, 1.807) is 24.3 Å². The monoisotopic (exact) mass is 484 g/mol. The Morgan fingerprint density at radius 1 is 1.04 bits per heavy atom. The van der Waals surface area contributed by atoms with Gasteiger partial charge in [0.05, 0.1) is 12.3 Å². The van der Waals surface area contributed by atoms with Gasteiger partial charge < -0.3 is 4.74 Å². The van der Waals surface area contributed by atoms with Gasteiger partial charge >= 0.3 is 0 Å². The summed E-state index contributed by atoms with van der Waals surface area (Å²) in [6.45, 7) is 2.85. The largest absolute Gasteiger partial charge is 0.494 e. The maximum atomic E-state index is 12.6. The molecule has 2 aromatic carbocycles. The molecule has 0 radical (unpaired) electrons. The first-order valence-electron chi connectivity index (χ1n) is 7.55. The third kappa shape index (κ3) is 7.85. The van der Waals surface area contributed by atoms with Crippen molar-refractivity contribution in [2.75, 3.05) is 6.61 Å². The number of rotatable bonds is 6. The lowest BCUT2D eigenvalue weighted by molar-refractivity contribution is 0.309. The van der Waals surface area contributed by atoms with Crippen LogP contribution < -0.4 is 4.74 Å². The van der Waals surface area contributed by atoms with Crippen LogP contribution in [-0.2, 0) is 9.59 Å². The molecule has 0 atom stereocenters. The second-order valence-electron chi connectivity index (χ2n) is 4.82. The molecule has 0 aliphatic carbocycles. The fourth-order valence-corrected chi connectivity index (χ4v) is 3.00. The normalized spacial score (nSPS) is 9.23. The standard InChI is InChI=1S/C11H13NO2.C7H2Br2FNO/c1-2-3-8-14-11-6-4-10(5-7-11)12-9-13;8-5-1-4(10)2-6(9)7(5)11-3-12/h4-7H,2-3,8H2,1H3;1-2H. The predicted octanol–water partition coefficient (Wildman–Crippen LogP) is 6.15. The van der Waals surface area contributed by atoms with Gasteiger partial charge in [0, 0.05) is 8.95 Å². The minimum Gasteiger partial charge on any atom is -0.494 e. The highest BCUT2D eigenvalue weighted by Gasteiger charge is 2.05. The maximum Gasteiger partial charge on any atom is 0.240 e. The van der Waals surface area contributed by atoms with Crippen molar-refractivity contribution in [2.24, 2.45) is 9.98 Å². The molecule has 0 aliphatic heterocycles. The summed E-state index contributed by atoms with van der Waals surface area (Å²) in [7, 11) is 0. The molecule has 0 aromatic heterocycles. The van der Waals surface area contributed by atoms with Crippen LogP contribution in [0.2, 0.25) is 0 Å². The molecule has 136 valence electrons. The number of isocyanates is 2. The van der Waals surface area contributed by atoms with Crippen molar-refractivity contribution in [3.63, 3.8) is 0 Å². The van der Waals surface area contributed by atoms with Crippen LogP contribution in [0, 0.1) is 5.82 Å². The Morgan fingerprint density at radius 3 is 2.12 bits per heavy atom. The first kappa shape index (κ1) is 21.9. The van der Waals surface area contributed by atoms with Crippen LogP contribution in [0.5, 0.6) is 5.75 Å². The minimum atomic E-state index is -0.404. The molecular weight excluding hydrogens is 471 g/mol. The zero-order valence-electron chi connectivity index (χ0n) is 13.8. The van der Waals surface area contributed by atoms with Gasteiger partial charge in [0.2, 0.25) is 12.2 Å². The molecule has 26 heavy (non-hydrogen) atoms. The average Bonchev–Trinajstić information content (AvgIpc) is 2.61. The molecule has 2 aromatic rings. The van der Waals surface area contributed by atoms with Crippen molar-refractivity contribution >= 4 is 55.4 Å². The van der Waals surface area contributed by atoms with E-state index in [2.05, 4.69) is 48.8 Å². The van der Waals surface area contributed by atoms with Gasteiger partial charge in [0.15, 0.2) is 0 Å². The smallest absolute Gasteiger partial charge is 0.240 e. The zero-order valence-corrected chi connectivity index (χ0v) is 17.0. The number of carbonyl (C=O) groups excluding carboxylic acids is 2. The van der Waals surface area contributed by atoms with Gasteiger partial charge in [-0.1, -0.05) is 13.3 Å². The summed E-state index contributed by atoms with van der Waals surface area (Å²) in [6.07, 6.45) is 5.04. The van der Waals surface area contributed by atoms with Crippen LogP contribution >= 0.6 is 31.9 Å². The van der Waals surface area contributed by atoms with Gasteiger partial charge in [-0.2, -0.15) is 9.98 Å². The molecule has 0 N–H and O–H groups in total. The minimum absolute atomic E-state index is 0.339. The van der Waals surface area contributed by atoms with E-state index in [1.165, 1.54) is 24.3 Å². The number of hydrogen-bond donors (Lipinski definition) is 0. The van der Waals surface area contributed by atoms with E-state index in [-0.39, 0.29) is 0 Å². The summed E-state index contributed by atoms with van der Waals surface area (Å²) in [5.41, 5.74) is 0.939. The predicted molar refractivity (Wildman–Crippen MR) is 104 cm³/mol. The van der Waals surface area contributed by atoms with Crippen molar-refractivity contribution in [2.45, 2.75) is 19.8 Å². The third-order valence-electron chi connectivity index (χ3n) is 2.92. The summed E-state index contributed by atoms with van der Waals surface area (Å²) < 4.78 is 18.9.